The predicted molar refractivity (Wildman–Crippen MR) is 75.5 cm³/mol. The molecule has 104 valence electrons. The predicted octanol–water partition coefficient (Wildman–Crippen LogP) is 2.38. The first-order chi connectivity index (χ1) is 9.75. The van der Waals surface area contributed by atoms with Crippen LogP contribution in [0.3, 0.4) is 0 Å². The first-order valence-corrected chi connectivity index (χ1v) is 6.74. The van der Waals surface area contributed by atoms with E-state index in [4.69, 9.17) is 0 Å². The second-order valence-electron chi connectivity index (χ2n) is 4.95. The van der Waals surface area contributed by atoms with Crippen LogP contribution in [0.15, 0.2) is 36.7 Å². The fourth-order valence-electron chi connectivity index (χ4n) is 2.67. The molecule has 0 amide bonds. The monoisotopic (exact) mass is 272 g/mol. The first kappa shape index (κ1) is 12.8. The normalized spacial score (nSPS) is 16.2. The zero-order valence-electron chi connectivity index (χ0n) is 11.0. The largest absolute Gasteiger partial charge is 0.328 e. The first-order valence-electron chi connectivity index (χ1n) is 6.74. The third-order valence-electron chi connectivity index (χ3n) is 3.69. The van der Waals surface area contributed by atoms with Gasteiger partial charge in [-0.05, 0) is 25.9 Å². The standard InChI is InChI=1S/C14H16N4O2/c19-18(20)13-3-1-2-11(10-13)14-16-8-9-17(14)12-4-6-15-7-5-12/h1-3,8-10,12,15H,4-7H2. The fourth-order valence-corrected chi connectivity index (χ4v) is 2.67. The molecule has 1 aromatic carbocycles. The lowest BCUT2D eigenvalue weighted by Gasteiger charge is -2.25. The van der Waals surface area contributed by atoms with Gasteiger partial charge < -0.3 is 9.88 Å². The van der Waals surface area contributed by atoms with Crippen LogP contribution in [0.4, 0.5) is 5.69 Å². The van der Waals surface area contributed by atoms with Gasteiger partial charge in [0.15, 0.2) is 0 Å². The smallest absolute Gasteiger partial charge is 0.270 e. The SMILES string of the molecule is O=[N+]([O-])c1cccc(-c2nccn2C2CCNCC2)c1. The molecule has 0 radical (unpaired) electrons. The van der Waals surface area contributed by atoms with Gasteiger partial charge in [0, 0.05) is 36.1 Å². The Labute approximate surface area is 116 Å². The summed E-state index contributed by atoms with van der Waals surface area (Å²) in [5.41, 5.74) is 0.894. The van der Waals surface area contributed by atoms with E-state index in [1.165, 1.54) is 6.07 Å². The van der Waals surface area contributed by atoms with E-state index in [1.807, 2.05) is 12.3 Å². The summed E-state index contributed by atoms with van der Waals surface area (Å²) in [6.07, 6.45) is 5.83. The lowest BCUT2D eigenvalue weighted by atomic mass is 10.1. The third kappa shape index (κ3) is 2.42. The van der Waals surface area contributed by atoms with Gasteiger partial charge in [-0.3, -0.25) is 10.1 Å². The van der Waals surface area contributed by atoms with Gasteiger partial charge in [-0.1, -0.05) is 12.1 Å². The maximum atomic E-state index is 10.9. The molecule has 1 saturated heterocycles. The van der Waals surface area contributed by atoms with Crippen LogP contribution in [0.25, 0.3) is 11.4 Å². The minimum atomic E-state index is -0.374. The molecule has 0 spiro atoms. The van der Waals surface area contributed by atoms with Gasteiger partial charge in [-0.15, -0.1) is 0 Å². The van der Waals surface area contributed by atoms with Gasteiger partial charge in [-0.2, -0.15) is 0 Å². The van der Waals surface area contributed by atoms with Crippen LogP contribution < -0.4 is 5.32 Å². The van der Waals surface area contributed by atoms with Crippen molar-refractivity contribution in [2.75, 3.05) is 13.1 Å². The molecule has 6 heteroatoms. The van der Waals surface area contributed by atoms with Crippen molar-refractivity contribution < 1.29 is 4.92 Å². The Kier molecular flexibility index (Phi) is 3.47. The highest BCUT2D eigenvalue weighted by Crippen LogP contribution is 2.28. The maximum absolute atomic E-state index is 10.9. The molecule has 1 aliphatic heterocycles. The summed E-state index contributed by atoms with van der Waals surface area (Å²) in [7, 11) is 0. The number of aromatic nitrogens is 2. The van der Waals surface area contributed by atoms with Crippen LogP contribution in [0.1, 0.15) is 18.9 Å². The summed E-state index contributed by atoms with van der Waals surface area (Å²) < 4.78 is 2.14. The van der Waals surface area contributed by atoms with Crippen molar-refractivity contribution in [1.29, 1.82) is 0 Å². The number of nitro benzene ring substituents is 1. The second-order valence-corrected chi connectivity index (χ2v) is 4.95. The van der Waals surface area contributed by atoms with E-state index >= 15 is 0 Å². The second kappa shape index (κ2) is 5.42. The molecular weight excluding hydrogens is 256 g/mol. The van der Waals surface area contributed by atoms with Crippen molar-refractivity contribution in [2.24, 2.45) is 0 Å². The zero-order chi connectivity index (χ0) is 13.9. The molecule has 3 rings (SSSR count). The molecule has 1 aliphatic rings. The van der Waals surface area contributed by atoms with Crippen molar-refractivity contribution in [2.45, 2.75) is 18.9 Å². The zero-order valence-corrected chi connectivity index (χ0v) is 11.0. The highest BCUT2D eigenvalue weighted by Gasteiger charge is 2.19. The lowest BCUT2D eigenvalue weighted by Crippen LogP contribution is -2.29. The molecule has 0 saturated carbocycles. The van der Waals surface area contributed by atoms with Gasteiger partial charge in [0.2, 0.25) is 0 Å². The van der Waals surface area contributed by atoms with Crippen molar-refractivity contribution in [1.82, 2.24) is 14.9 Å². The summed E-state index contributed by atoms with van der Waals surface area (Å²) in [6, 6.07) is 7.07. The Morgan fingerprint density at radius 3 is 2.90 bits per heavy atom. The highest BCUT2D eigenvalue weighted by molar-refractivity contribution is 5.59. The number of nitro groups is 1. The average Bonchev–Trinajstić information content (AvgIpc) is 2.98. The summed E-state index contributed by atoms with van der Waals surface area (Å²) in [6.45, 7) is 1.99. The van der Waals surface area contributed by atoms with Gasteiger partial charge in [0.05, 0.1) is 4.92 Å². The van der Waals surface area contributed by atoms with Crippen molar-refractivity contribution >= 4 is 5.69 Å². The van der Waals surface area contributed by atoms with E-state index in [0.717, 1.165) is 37.3 Å². The summed E-state index contributed by atoms with van der Waals surface area (Å²) in [5.74, 6) is 0.806. The minimum Gasteiger partial charge on any atom is -0.328 e. The van der Waals surface area contributed by atoms with Gasteiger partial charge in [-0.25, -0.2) is 4.98 Å². The van der Waals surface area contributed by atoms with Crippen LogP contribution in [0, 0.1) is 10.1 Å². The van der Waals surface area contributed by atoms with Gasteiger partial charge in [0.25, 0.3) is 5.69 Å². The Morgan fingerprint density at radius 1 is 1.35 bits per heavy atom. The summed E-state index contributed by atoms with van der Waals surface area (Å²) in [5, 5.41) is 14.2. The number of hydrogen-bond donors (Lipinski definition) is 1. The van der Waals surface area contributed by atoms with Crippen molar-refractivity contribution in [3.63, 3.8) is 0 Å². The Balaban J connectivity index is 1.96. The third-order valence-corrected chi connectivity index (χ3v) is 3.69. The molecule has 1 fully saturated rings. The van der Waals surface area contributed by atoms with Crippen molar-refractivity contribution in [3.8, 4) is 11.4 Å². The van der Waals surface area contributed by atoms with Gasteiger partial charge in [0.1, 0.15) is 5.82 Å². The number of non-ortho nitro benzene ring substituents is 1. The van der Waals surface area contributed by atoms with Crippen LogP contribution in [0.5, 0.6) is 0 Å². The summed E-state index contributed by atoms with van der Waals surface area (Å²) in [4.78, 5) is 14.9. The van der Waals surface area contributed by atoms with E-state index in [0.29, 0.717) is 6.04 Å². The number of piperidine rings is 1. The molecule has 0 atom stereocenters. The molecule has 20 heavy (non-hydrogen) atoms. The van der Waals surface area contributed by atoms with E-state index in [-0.39, 0.29) is 10.6 Å². The molecule has 0 aliphatic carbocycles. The molecule has 6 nitrogen and oxygen atoms in total. The molecule has 0 bridgehead atoms. The molecule has 1 N–H and O–H groups in total. The Morgan fingerprint density at radius 2 is 2.15 bits per heavy atom. The van der Waals surface area contributed by atoms with E-state index in [9.17, 15) is 10.1 Å². The van der Waals surface area contributed by atoms with Crippen LogP contribution in [-0.2, 0) is 0 Å². The number of imidazole rings is 1. The fraction of sp³-hybridized carbons (Fsp3) is 0.357. The van der Waals surface area contributed by atoms with Crippen LogP contribution in [0.2, 0.25) is 0 Å². The lowest BCUT2D eigenvalue weighted by molar-refractivity contribution is -0.384. The van der Waals surface area contributed by atoms with E-state index in [1.54, 1.807) is 18.3 Å². The number of hydrogen-bond acceptors (Lipinski definition) is 4. The molecular formula is C14H16N4O2. The number of nitrogens with zero attached hydrogens (tertiary/aromatic N) is 3. The van der Waals surface area contributed by atoms with Crippen molar-refractivity contribution in [3.05, 3.63) is 46.8 Å². The van der Waals surface area contributed by atoms with Crippen LogP contribution in [-0.4, -0.2) is 27.6 Å². The minimum absolute atomic E-state index is 0.0994. The Bertz CT molecular complexity index is 617. The van der Waals surface area contributed by atoms with Gasteiger partial charge >= 0.3 is 0 Å². The number of benzene rings is 1. The molecule has 0 unspecified atom stereocenters. The molecule has 2 aromatic rings. The number of nitrogens with one attached hydrogen (secondary N) is 1. The maximum Gasteiger partial charge on any atom is 0.270 e. The number of rotatable bonds is 3. The van der Waals surface area contributed by atoms with E-state index < -0.39 is 0 Å². The molecule has 2 heterocycles. The Hall–Kier alpha value is -2.21. The topological polar surface area (TPSA) is 73.0 Å². The average molecular weight is 272 g/mol. The summed E-state index contributed by atoms with van der Waals surface area (Å²) >= 11 is 0. The quantitative estimate of drug-likeness (QED) is 0.687. The molecule has 1 aromatic heterocycles. The van der Waals surface area contributed by atoms with E-state index in [2.05, 4.69) is 14.9 Å². The van der Waals surface area contributed by atoms with Crippen LogP contribution >= 0.6 is 0 Å². The highest BCUT2D eigenvalue weighted by atomic mass is 16.6.